The van der Waals surface area contributed by atoms with Crippen LogP contribution in [0.3, 0.4) is 0 Å². The summed E-state index contributed by atoms with van der Waals surface area (Å²) in [6.45, 7) is 0. The number of halogens is 2. The monoisotopic (exact) mass is 522 g/mol. The molecule has 0 amide bonds. The van der Waals surface area contributed by atoms with E-state index < -0.39 is 7.92 Å². The Labute approximate surface area is 199 Å². The van der Waals surface area contributed by atoms with Gasteiger partial charge in [-0.15, -0.1) is 0 Å². The van der Waals surface area contributed by atoms with Crippen molar-refractivity contribution in [2.75, 3.05) is 0 Å². The molecule has 0 nitrogen and oxygen atoms in total. The molecule has 0 atom stereocenters. The SMILES string of the molecule is [Cl-].[Cl-].[In].[c]1ccc2c3c(ccc(P(c4ccccc4)c4ccccc4)c13)CC2. The molecule has 4 aromatic rings. The van der Waals surface area contributed by atoms with Crippen LogP contribution in [0.2, 0.25) is 0 Å². The Morgan fingerprint density at radius 3 is 1.75 bits per heavy atom. The number of rotatable bonds is 3. The number of aryl methyl sites for hydroxylation is 2. The first-order valence-electron chi connectivity index (χ1n) is 8.77. The van der Waals surface area contributed by atoms with E-state index in [0.29, 0.717) is 0 Å². The van der Waals surface area contributed by atoms with Gasteiger partial charge >= 0.3 is 0 Å². The first kappa shape index (κ1) is 23.3. The second-order valence-electron chi connectivity index (χ2n) is 6.50. The fourth-order valence-electron chi connectivity index (χ4n) is 3.91. The van der Waals surface area contributed by atoms with Gasteiger partial charge in [-0.3, -0.25) is 0 Å². The van der Waals surface area contributed by atoms with Crippen molar-refractivity contribution in [2.24, 2.45) is 0 Å². The minimum absolute atomic E-state index is 0. The summed E-state index contributed by atoms with van der Waals surface area (Å²) in [5, 5.41) is 7.01. The summed E-state index contributed by atoms with van der Waals surface area (Å²) < 4.78 is 0. The molecule has 0 fully saturated rings. The minimum atomic E-state index is -0.574. The van der Waals surface area contributed by atoms with E-state index in [0.717, 1.165) is 0 Å². The van der Waals surface area contributed by atoms with E-state index in [1.165, 1.54) is 50.7 Å². The van der Waals surface area contributed by atoms with Crippen LogP contribution in [-0.4, -0.2) is 25.8 Å². The fraction of sp³-hybridized carbons (Fsp3) is 0.0833. The maximum atomic E-state index is 3.58. The molecule has 4 aromatic carbocycles. The van der Waals surface area contributed by atoms with Crippen LogP contribution in [0.15, 0.2) is 84.9 Å². The van der Waals surface area contributed by atoms with Crippen molar-refractivity contribution in [3.8, 4) is 0 Å². The van der Waals surface area contributed by atoms with E-state index in [9.17, 15) is 0 Å². The average Bonchev–Trinajstić information content (AvgIpc) is 3.11. The van der Waals surface area contributed by atoms with Crippen LogP contribution in [0.1, 0.15) is 11.1 Å². The maximum absolute atomic E-state index is 3.58. The van der Waals surface area contributed by atoms with Gasteiger partial charge in [0.1, 0.15) is 0 Å². The van der Waals surface area contributed by atoms with Crippen LogP contribution in [0.25, 0.3) is 10.8 Å². The molecule has 4 radical (unpaired) electrons. The minimum Gasteiger partial charge on any atom is -1.00 e. The van der Waals surface area contributed by atoms with E-state index in [2.05, 4.69) is 91.0 Å². The summed E-state index contributed by atoms with van der Waals surface area (Å²) in [6.07, 6.45) is 2.33. The van der Waals surface area contributed by atoms with E-state index in [1.807, 2.05) is 0 Å². The Morgan fingerprint density at radius 2 is 1.18 bits per heavy atom. The van der Waals surface area contributed by atoms with Crippen molar-refractivity contribution in [1.29, 1.82) is 0 Å². The fourth-order valence-corrected chi connectivity index (χ4v) is 6.33. The summed E-state index contributed by atoms with van der Waals surface area (Å²) in [5.74, 6) is 0. The third-order valence-electron chi connectivity index (χ3n) is 5.04. The quantitative estimate of drug-likeness (QED) is 0.277. The summed E-state index contributed by atoms with van der Waals surface area (Å²) >= 11 is 0. The molecule has 0 N–H and O–H groups in total. The van der Waals surface area contributed by atoms with Crippen LogP contribution < -0.4 is 40.7 Å². The van der Waals surface area contributed by atoms with Crippen molar-refractivity contribution >= 4 is 60.5 Å². The zero-order chi connectivity index (χ0) is 16.6. The normalized spacial score (nSPS) is 11.5. The summed E-state index contributed by atoms with van der Waals surface area (Å²) in [6, 6.07) is 34.5. The van der Waals surface area contributed by atoms with E-state index in [-0.39, 0.29) is 50.7 Å². The average molecular weight is 523 g/mol. The second kappa shape index (κ2) is 10.2. The molecule has 0 saturated heterocycles. The van der Waals surface area contributed by atoms with Gasteiger partial charge in [-0.1, -0.05) is 84.9 Å². The van der Waals surface area contributed by atoms with Gasteiger partial charge < -0.3 is 24.8 Å². The van der Waals surface area contributed by atoms with Crippen LogP contribution >= 0.6 is 7.92 Å². The Bertz CT molecular complexity index is 1000. The number of benzene rings is 4. The molecule has 1 aliphatic rings. The molecule has 0 aliphatic heterocycles. The predicted molar refractivity (Wildman–Crippen MR) is 115 cm³/mol. The van der Waals surface area contributed by atoms with Gasteiger partial charge in [-0.2, -0.15) is 0 Å². The summed E-state index contributed by atoms with van der Waals surface area (Å²) in [7, 11) is -0.574. The van der Waals surface area contributed by atoms with Crippen molar-refractivity contribution < 1.29 is 24.8 Å². The summed E-state index contributed by atoms with van der Waals surface area (Å²) in [4.78, 5) is 0. The Morgan fingerprint density at radius 1 is 0.643 bits per heavy atom. The van der Waals surface area contributed by atoms with Crippen LogP contribution in [-0.2, 0) is 12.8 Å². The molecule has 0 aromatic heterocycles. The Kier molecular flexibility index (Phi) is 8.46. The van der Waals surface area contributed by atoms with Gasteiger partial charge in [0.15, 0.2) is 0 Å². The molecule has 0 saturated carbocycles. The molecule has 28 heavy (non-hydrogen) atoms. The van der Waals surface area contributed by atoms with E-state index in [1.54, 1.807) is 0 Å². The molecule has 4 heteroatoms. The third-order valence-corrected chi connectivity index (χ3v) is 7.52. The summed E-state index contributed by atoms with van der Waals surface area (Å²) in [5.41, 5.74) is 2.98. The van der Waals surface area contributed by atoms with Crippen LogP contribution in [0, 0.1) is 6.07 Å². The van der Waals surface area contributed by atoms with Crippen molar-refractivity contribution in [3.63, 3.8) is 0 Å². The van der Waals surface area contributed by atoms with Gasteiger partial charge in [-0.25, -0.2) is 0 Å². The van der Waals surface area contributed by atoms with Crippen LogP contribution in [0.4, 0.5) is 0 Å². The molecule has 0 heterocycles. The van der Waals surface area contributed by atoms with Crippen molar-refractivity contribution in [1.82, 2.24) is 0 Å². The van der Waals surface area contributed by atoms with Crippen molar-refractivity contribution in [2.45, 2.75) is 12.8 Å². The zero-order valence-corrected chi connectivity index (χ0v) is 21.0. The standard InChI is InChI=1S/C24H18P.2ClH.In/c1-3-9-20(10-4-1)25(21-11-5-2-6-12-21)23-17-16-19-15-14-18-8-7-13-22(23)24(18)19;;;/h1-12,16-17H,14-15H2;2*1H;/p-2. The van der Waals surface area contributed by atoms with Gasteiger partial charge in [0.2, 0.25) is 0 Å². The maximum Gasteiger partial charge on any atom is 0 e. The van der Waals surface area contributed by atoms with Gasteiger partial charge in [0.25, 0.3) is 0 Å². The molecule has 0 unspecified atom stereocenters. The Hall–Kier alpha value is -0.980. The van der Waals surface area contributed by atoms with Gasteiger partial charge in [-0.05, 0) is 64.6 Å². The first-order valence-corrected chi connectivity index (χ1v) is 10.1. The van der Waals surface area contributed by atoms with E-state index in [4.69, 9.17) is 0 Å². The molecule has 138 valence electrons. The smallest absolute Gasteiger partial charge is 0 e. The molecular formula is C24H18Cl2InP-2. The zero-order valence-electron chi connectivity index (χ0n) is 15.3. The van der Waals surface area contributed by atoms with Crippen LogP contribution in [0.5, 0.6) is 0 Å². The molecule has 0 spiro atoms. The Balaban J connectivity index is 0.000000934. The van der Waals surface area contributed by atoms with Crippen molar-refractivity contribution in [3.05, 3.63) is 102 Å². The topological polar surface area (TPSA) is 0 Å². The number of hydrogen-bond donors (Lipinski definition) is 0. The molecule has 0 bridgehead atoms. The molecular weight excluding hydrogens is 505 g/mol. The third kappa shape index (κ3) is 4.14. The first-order chi connectivity index (χ1) is 12.4. The van der Waals surface area contributed by atoms with E-state index >= 15 is 0 Å². The predicted octanol–water partition coefficient (Wildman–Crippen LogP) is -1.88. The molecule has 1 aliphatic carbocycles. The van der Waals surface area contributed by atoms with Gasteiger partial charge in [0, 0.05) is 25.8 Å². The molecule has 5 rings (SSSR count). The number of hydrogen-bond acceptors (Lipinski definition) is 0. The largest absolute Gasteiger partial charge is 1.00 e. The second-order valence-corrected chi connectivity index (χ2v) is 8.69. The van der Waals surface area contributed by atoms with Gasteiger partial charge in [0.05, 0.1) is 0 Å².